The van der Waals surface area contributed by atoms with Gasteiger partial charge >= 0.3 is 0 Å². The molecule has 5 heteroatoms. The van der Waals surface area contributed by atoms with E-state index in [1.165, 1.54) is 24.3 Å². The number of benzene rings is 3. The van der Waals surface area contributed by atoms with Gasteiger partial charge in [-0.1, -0.05) is 18.2 Å². The minimum atomic E-state index is -0.374. The molecule has 0 atom stereocenters. The van der Waals surface area contributed by atoms with Gasteiger partial charge in [-0.25, -0.2) is 4.39 Å². The number of hydrogen-bond donors (Lipinski definition) is 1. The molecule has 0 aliphatic carbocycles. The fraction of sp³-hybridized carbons (Fsp3) is 0.130. The van der Waals surface area contributed by atoms with E-state index in [4.69, 9.17) is 0 Å². The number of nitrogens with one attached hydrogen (secondary N) is 1. The van der Waals surface area contributed by atoms with E-state index < -0.39 is 0 Å². The highest BCUT2D eigenvalue weighted by Gasteiger charge is 2.18. The van der Waals surface area contributed by atoms with Crippen LogP contribution in [-0.2, 0) is 0 Å². The van der Waals surface area contributed by atoms with E-state index in [2.05, 4.69) is 5.32 Å². The van der Waals surface area contributed by atoms with Crippen molar-refractivity contribution in [3.8, 4) is 0 Å². The summed E-state index contributed by atoms with van der Waals surface area (Å²) in [5.74, 6) is -0.911. The van der Waals surface area contributed by atoms with Gasteiger partial charge in [-0.15, -0.1) is 0 Å². The molecule has 28 heavy (non-hydrogen) atoms. The summed E-state index contributed by atoms with van der Waals surface area (Å²) in [6.45, 7) is 4.39. The zero-order chi connectivity index (χ0) is 20.1. The predicted molar refractivity (Wildman–Crippen MR) is 109 cm³/mol. The molecule has 1 N–H and O–H groups in total. The average Bonchev–Trinajstić information content (AvgIpc) is 2.70. The van der Waals surface area contributed by atoms with Crippen molar-refractivity contribution in [1.29, 1.82) is 0 Å². The highest BCUT2D eigenvalue weighted by molar-refractivity contribution is 6.09. The van der Waals surface area contributed by atoms with E-state index in [1.807, 2.05) is 38.1 Å². The SMILES string of the molecule is CCN(C(=O)c1cccc(C(=O)Nc2ccc(F)cc2)c1)c1cccc(C)c1. The molecule has 2 amide bonds. The van der Waals surface area contributed by atoms with Crippen molar-refractivity contribution < 1.29 is 14.0 Å². The van der Waals surface area contributed by atoms with Crippen LogP contribution in [0.3, 0.4) is 0 Å². The monoisotopic (exact) mass is 376 g/mol. The Morgan fingerprint density at radius 2 is 1.61 bits per heavy atom. The van der Waals surface area contributed by atoms with Crippen LogP contribution in [0.1, 0.15) is 33.2 Å². The summed E-state index contributed by atoms with van der Waals surface area (Å²) in [4.78, 5) is 27.2. The first-order chi connectivity index (χ1) is 13.5. The Morgan fingerprint density at radius 1 is 0.929 bits per heavy atom. The third-order valence-corrected chi connectivity index (χ3v) is 4.35. The molecule has 0 bridgehead atoms. The Morgan fingerprint density at radius 3 is 2.29 bits per heavy atom. The lowest BCUT2D eigenvalue weighted by Gasteiger charge is -2.22. The smallest absolute Gasteiger partial charge is 0.258 e. The first-order valence-electron chi connectivity index (χ1n) is 9.03. The Bertz CT molecular complexity index is 999. The van der Waals surface area contributed by atoms with Gasteiger partial charge in [0.15, 0.2) is 0 Å². The van der Waals surface area contributed by atoms with E-state index in [-0.39, 0.29) is 17.6 Å². The number of anilines is 2. The van der Waals surface area contributed by atoms with Crippen molar-refractivity contribution in [2.75, 3.05) is 16.8 Å². The summed E-state index contributed by atoms with van der Waals surface area (Å²) in [5, 5.41) is 2.70. The highest BCUT2D eigenvalue weighted by atomic mass is 19.1. The number of amides is 2. The molecule has 142 valence electrons. The van der Waals surface area contributed by atoms with Gasteiger partial charge < -0.3 is 10.2 Å². The molecule has 0 aliphatic rings. The maximum absolute atomic E-state index is 13.0. The number of carbonyl (C=O) groups is 2. The first-order valence-corrected chi connectivity index (χ1v) is 9.03. The minimum absolute atomic E-state index is 0.176. The Kier molecular flexibility index (Phi) is 5.84. The van der Waals surface area contributed by atoms with Crippen LogP contribution in [0, 0.1) is 12.7 Å². The maximum atomic E-state index is 13.0. The Balaban J connectivity index is 1.82. The quantitative estimate of drug-likeness (QED) is 0.677. The molecule has 3 aromatic carbocycles. The summed E-state index contributed by atoms with van der Waals surface area (Å²) in [5.41, 5.74) is 3.15. The number of nitrogens with zero attached hydrogens (tertiary/aromatic N) is 1. The van der Waals surface area contributed by atoms with Crippen LogP contribution in [0.5, 0.6) is 0 Å². The second-order valence-electron chi connectivity index (χ2n) is 6.43. The van der Waals surface area contributed by atoms with Crippen LogP contribution in [-0.4, -0.2) is 18.4 Å². The van der Waals surface area contributed by atoms with Crippen molar-refractivity contribution >= 4 is 23.2 Å². The average molecular weight is 376 g/mol. The molecule has 0 unspecified atom stereocenters. The summed E-state index contributed by atoms with van der Waals surface area (Å²) < 4.78 is 13.0. The van der Waals surface area contributed by atoms with E-state index in [1.54, 1.807) is 29.2 Å². The van der Waals surface area contributed by atoms with Crippen molar-refractivity contribution in [3.05, 3.63) is 95.3 Å². The normalized spacial score (nSPS) is 10.4. The second kappa shape index (κ2) is 8.48. The van der Waals surface area contributed by atoms with E-state index in [0.29, 0.717) is 23.4 Å². The van der Waals surface area contributed by atoms with Crippen LogP contribution in [0.25, 0.3) is 0 Å². The predicted octanol–water partition coefficient (Wildman–Crippen LogP) is 5.05. The first kappa shape index (κ1) is 19.3. The standard InChI is InChI=1S/C23H21FN2O2/c1-3-26(21-9-4-6-16(2)14-21)23(28)18-8-5-7-17(15-18)22(27)25-20-12-10-19(24)11-13-20/h4-15H,3H2,1-2H3,(H,25,27). The summed E-state index contributed by atoms with van der Waals surface area (Å²) in [7, 11) is 0. The van der Waals surface area contributed by atoms with Crippen LogP contribution in [0.15, 0.2) is 72.8 Å². The van der Waals surface area contributed by atoms with Crippen molar-refractivity contribution in [1.82, 2.24) is 0 Å². The molecule has 0 aromatic heterocycles. The molecule has 0 radical (unpaired) electrons. The zero-order valence-corrected chi connectivity index (χ0v) is 15.8. The van der Waals surface area contributed by atoms with Crippen molar-refractivity contribution in [2.45, 2.75) is 13.8 Å². The maximum Gasteiger partial charge on any atom is 0.258 e. The molecule has 0 fully saturated rings. The topological polar surface area (TPSA) is 49.4 Å². The highest BCUT2D eigenvalue weighted by Crippen LogP contribution is 2.19. The molecule has 4 nitrogen and oxygen atoms in total. The Hall–Kier alpha value is -3.47. The fourth-order valence-corrected chi connectivity index (χ4v) is 2.93. The van der Waals surface area contributed by atoms with Crippen LogP contribution < -0.4 is 10.2 Å². The van der Waals surface area contributed by atoms with Crippen LogP contribution >= 0.6 is 0 Å². The van der Waals surface area contributed by atoms with Gasteiger partial charge in [0, 0.05) is 29.0 Å². The van der Waals surface area contributed by atoms with Gasteiger partial charge in [-0.05, 0) is 74.0 Å². The van der Waals surface area contributed by atoms with Crippen molar-refractivity contribution in [3.63, 3.8) is 0 Å². The summed E-state index contributed by atoms with van der Waals surface area (Å²) in [6, 6.07) is 19.8. The lowest BCUT2D eigenvalue weighted by Crippen LogP contribution is -2.30. The molecular weight excluding hydrogens is 355 g/mol. The van der Waals surface area contributed by atoms with Crippen molar-refractivity contribution in [2.24, 2.45) is 0 Å². The number of carbonyl (C=O) groups excluding carboxylic acids is 2. The van der Waals surface area contributed by atoms with E-state index >= 15 is 0 Å². The largest absolute Gasteiger partial charge is 0.322 e. The minimum Gasteiger partial charge on any atom is -0.322 e. The van der Waals surface area contributed by atoms with Gasteiger partial charge in [0.25, 0.3) is 11.8 Å². The number of hydrogen-bond acceptors (Lipinski definition) is 2. The van der Waals surface area contributed by atoms with Gasteiger partial charge in [-0.3, -0.25) is 9.59 Å². The lowest BCUT2D eigenvalue weighted by atomic mass is 10.1. The van der Waals surface area contributed by atoms with E-state index in [0.717, 1.165) is 11.3 Å². The van der Waals surface area contributed by atoms with Gasteiger partial charge in [0.05, 0.1) is 0 Å². The molecule has 0 aliphatic heterocycles. The third-order valence-electron chi connectivity index (χ3n) is 4.35. The summed E-state index contributed by atoms with van der Waals surface area (Å²) >= 11 is 0. The molecule has 3 aromatic rings. The molecule has 0 saturated heterocycles. The van der Waals surface area contributed by atoms with E-state index in [9.17, 15) is 14.0 Å². The van der Waals surface area contributed by atoms with Crippen LogP contribution in [0.2, 0.25) is 0 Å². The van der Waals surface area contributed by atoms with Gasteiger partial charge in [0.1, 0.15) is 5.82 Å². The zero-order valence-electron chi connectivity index (χ0n) is 15.8. The second-order valence-corrected chi connectivity index (χ2v) is 6.43. The number of aryl methyl sites for hydroxylation is 1. The third kappa shape index (κ3) is 4.43. The number of rotatable bonds is 5. The molecule has 3 rings (SSSR count). The molecule has 0 spiro atoms. The fourth-order valence-electron chi connectivity index (χ4n) is 2.93. The molecule has 0 heterocycles. The molecular formula is C23H21FN2O2. The Labute approximate surface area is 163 Å². The summed E-state index contributed by atoms with van der Waals surface area (Å²) in [6.07, 6.45) is 0. The molecule has 0 saturated carbocycles. The van der Waals surface area contributed by atoms with Crippen LogP contribution in [0.4, 0.5) is 15.8 Å². The van der Waals surface area contributed by atoms with Gasteiger partial charge in [0.2, 0.25) is 0 Å². The number of halogens is 1. The van der Waals surface area contributed by atoms with Gasteiger partial charge in [-0.2, -0.15) is 0 Å². The lowest BCUT2D eigenvalue weighted by molar-refractivity contribution is 0.0988.